The molecule has 1 heterocycles. The molecule has 0 spiro atoms. The van der Waals surface area contributed by atoms with Crippen molar-refractivity contribution in [1.82, 2.24) is 4.90 Å². The number of unbranched alkanes of at least 4 members (excludes halogenated alkanes) is 15. The quantitative estimate of drug-likeness (QED) is 0.157. The maximum absolute atomic E-state index is 12.5. The van der Waals surface area contributed by atoms with E-state index in [-0.39, 0.29) is 17.9 Å². The van der Waals surface area contributed by atoms with E-state index < -0.39 is 5.41 Å². The van der Waals surface area contributed by atoms with Gasteiger partial charge in [0.1, 0.15) is 6.04 Å². The van der Waals surface area contributed by atoms with Crippen LogP contribution in [0.5, 0.6) is 0 Å². The molecular weight excluding hydrogens is 398 g/mol. The van der Waals surface area contributed by atoms with Crippen LogP contribution in [0.2, 0.25) is 0 Å². The molecule has 0 saturated carbocycles. The number of carbonyl (C=O) groups is 2. The molecule has 4 nitrogen and oxygen atoms in total. The lowest BCUT2D eigenvalue weighted by Crippen LogP contribution is -2.46. The molecule has 0 aromatic carbocycles. The summed E-state index contributed by atoms with van der Waals surface area (Å²) < 4.78 is 5.51. The zero-order valence-corrected chi connectivity index (χ0v) is 21.9. The van der Waals surface area contributed by atoms with Crippen LogP contribution in [0.4, 0.5) is 0 Å². The molecule has 0 bridgehead atoms. The summed E-state index contributed by atoms with van der Waals surface area (Å²) >= 11 is 0. The lowest BCUT2D eigenvalue weighted by atomic mass is 9.94. The number of nitrogens with zero attached hydrogens (tertiary/aromatic N) is 1. The average Bonchev–Trinajstić information content (AvgIpc) is 3.24. The molecule has 0 aromatic rings. The van der Waals surface area contributed by atoms with Crippen molar-refractivity contribution < 1.29 is 14.3 Å². The molecule has 1 aliphatic rings. The van der Waals surface area contributed by atoms with Crippen LogP contribution in [0, 0.1) is 5.41 Å². The van der Waals surface area contributed by atoms with Gasteiger partial charge >= 0.3 is 5.97 Å². The van der Waals surface area contributed by atoms with Gasteiger partial charge in [-0.25, -0.2) is 4.79 Å². The Morgan fingerprint density at radius 2 is 1.19 bits per heavy atom. The zero-order chi connectivity index (χ0) is 23.7. The van der Waals surface area contributed by atoms with Crippen molar-refractivity contribution in [3.05, 3.63) is 0 Å². The van der Waals surface area contributed by atoms with Gasteiger partial charge in [-0.1, -0.05) is 124 Å². The fraction of sp³-hybridized carbons (Fsp3) is 0.929. The van der Waals surface area contributed by atoms with E-state index in [2.05, 4.69) is 6.92 Å². The fourth-order valence-electron chi connectivity index (χ4n) is 4.60. The first-order valence-corrected chi connectivity index (χ1v) is 13.9. The molecule has 0 N–H and O–H groups in total. The molecule has 1 rings (SSSR count). The van der Waals surface area contributed by atoms with E-state index in [1.54, 1.807) is 4.90 Å². The number of hydrogen-bond donors (Lipinski definition) is 0. The summed E-state index contributed by atoms with van der Waals surface area (Å²) in [5.74, 6) is -0.152. The second kappa shape index (κ2) is 17.4. The van der Waals surface area contributed by atoms with Gasteiger partial charge in [0.05, 0.1) is 6.61 Å². The molecule has 1 atom stereocenters. The van der Waals surface area contributed by atoms with Gasteiger partial charge in [0.15, 0.2) is 0 Å². The van der Waals surface area contributed by atoms with Gasteiger partial charge in [0.2, 0.25) is 5.91 Å². The van der Waals surface area contributed by atoms with Crippen molar-refractivity contribution in [2.75, 3.05) is 13.2 Å². The van der Waals surface area contributed by atoms with Crippen molar-refractivity contribution in [2.24, 2.45) is 5.41 Å². The number of esters is 1. The van der Waals surface area contributed by atoms with E-state index in [4.69, 9.17) is 4.74 Å². The lowest BCUT2D eigenvalue weighted by molar-refractivity contribution is -0.156. The standard InChI is InChI=1S/C28H53NO3/c1-5-6-7-8-9-10-11-12-13-14-15-16-17-18-19-20-24-32-26(30)25-22-21-23-29(25)27(31)28(2,3)4/h25H,5-24H2,1-4H3. The van der Waals surface area contributed by atoms with E-state index in [0.29, 0.717) is 13.2 Å². The lowest BCUT2D eigenvalue weighted by Gasteiger charge is -2.29. The summed E-state index contributed by atoms with van der Waals surface area (Å²) in [5, 5.41) is 0. The highest BCUT2D eigenvalue weighted by Gasteiger charge is 2.39. The van der Waals surface area contributed by atoms with Gasteiger partial charge in [-0.3, -0.25) is 4.79 Å². The Balaban J connectivity index is 1.91. The summed E-state index contributed by atoms with van der Waals surface area (Å²) in [5.41, 5.74) is -0.448. The first-order chi connectivity index (χ1) is 15.4. The summed E-state index contributed by atoms with van der Waals surface area (Å²) in [6.45, 7) is 9.17. The number of ether oxygens (including phenoxy) is 1. The zero-order valence-electron chi connectivity index (χ0n) is 21.9. The van der Waals surface area contributed by atoms with Gasteiger partial charge in [0, 0.05) is 12.0 Å². The third-order valence-electron chi connectivity index (χ3n) is 6.67. The summed E-state index contributed by atoms with van der Waals surface area (Å²) in [6.07, 6.45) is 23.0. The second-order valence-electron chi connectivity index (χ2n) is 10.9. The Bertz CT molecular complexity index is 497. The van der Waals surface area contributed by atoms with Crippen LogP contribution in [-0.2, 0) is 14.3 Å². The first kappa shape index (κ1) is 29.0. The van der Waals surface area contributed by atoms with Crippen molar-refractivity contribution >= 4 is 11.9 Å². The predicted molar refractivity (Wildman–Crippen MR) is 135 cm³/mol. The normalized spacial score (nSPS) is 16.5. The largest absolute Gasteiger partial charge is 0.464 e. The highest BCUT2D eigenvalue weighted by atomic mass is 16.5. The van der Waals surface area contributed by atoms with Crippen molar-refractivity contribution in [2.45, 2.75) is 149 Å². The maximum atomic E-state index is 12.5. The second-order valence-corrected chi connectivity index (χ2v) is 10.9. The van der Waals surface area contributed by atoms with Crippen molar-refractivity contribution in [3.63, 3.8) is 0 Å². The van der Waals surface area contributed by atoms with Gasteiger partial charge < -0.3 is 9.64 Å². The predicted octanol–water partition coefficient (Wildman–Crippen LogP) is 7.83. The molecule has 0 aliphatic carbocycles. The molecule has 1 aliphatic heterocycles. The fourth-order valence-corrected chi connectivity index (χ4v) is 4.60. The number of amides is 1. The Morgan fingerprint density at radius 3 is 1.62 bits per heavy atom. The molecule has 1 fully saturated rings. The van der Waals surface area contributed by atoms with E-state index in [1.807, 2.05) is 20.8 Å². The van der Waals surface area contributed by atoms with Crippen LogP contribution >= 0.6 is 0 Å². The Labute approximate surface area is 199 Å². The third kappa shape index (κ3) is 12.8. The number of rotatable bonds is 18. The Hall–Kier alpha value is -1.06. The molecule has 0 radical (unpaired) electrons. The SMILES string of the molecule is CCCCCCCCCCCCCCCCCCOC(=O)C1CCCN1C(=O)C(C)(C)C. The van der Waals surface area contributed by atoms with E-state index in [1.165, 1.54) is 89.9 Å². The van der Waals surface area contributed by atoms with Gasteiger partial charge in [0.25, 0.3) is 0 Å². The molecule has 1 saturated heterocycles. The van der Waals surface area contributed by atoms with E-state index >= 15 is 0 Å². The minimum atomic E-state index is -0.448. The minimum Gasteiger partial charge on any atom is -0.464 e. The van der Waals surface area contributed by atoms with Crippen molar-refractivity contribution in [1.29, 1.82) is 0 Å². The molecule has 0 aromatic heterocycles. The third-order valence-corrected chi connectivity index (χ3v) is 6.67. The van der Waals surface area contributed by atoms with Crippen LogP contribution in [0.25, 0.3) is 0 Å². The van der Waals surface area contributed by atoms with Crippen LogP contribution in [0.1, 0.15) is 143 Å². The van der Waals surface area contributed by atoms with Gasteiger partial charge in [-0.15, -0.1) is 0 Å². The molecule has 32 heavy (non-hydrogen) atoms. The van der Waals surface area contributed by atoms with Crippen LogP contribution in [0.15, 0.2) is 0 Å². The van der Waals surface area contributed by atoms with Crippen LogP contribution in [-0.4, -0.2) is 36.0 Å². The number of likely N-dealkylation sites (tertiary alicyclic amines) is 1. The highest BCUT2D eigenvalue weighted by molar-refractivity contribution is 5.88. The molecule has 1 unspecified atom stereocenters. The minimum absolute atomic E-state index is 0.0550. The number of carbonyl (C=O) groups excluding carboxylic acids is 2. The summed E-state index contributed by atoms with van der Waals surface area (Å²) in [6, 6.07) is -0.372. The van der Waals surface area contributed by atoms with Crippen molar-refractivity contribution in [3.8, 4) is 0 Å². The summed E-state index contributed by atoms with van der Waals surface area (Å²) in [7, 11) is 0. The molecule has 4 heteroatoms. The first-order valence-electron chi connectivity index (χ1n) is 13.9. The molecular formula is C28H53NO3. The van der Waals surface area contributed by atoms with Crippen LogP contribution < -0.4 is 0 Å². The van der Waals surface area contributed by atoms with E-state index in [0.717, 1.165) is 25.7 Å². The van der Waals surface area contributed by atoms with E-state index in [9.17, 15) is 9.59 Å². The monoisotopic (exact) mass is 451 g/mol. The van der Waals surface area contributed by atoms with Gasteiger partial charge in [-0.05, 0) is 19.3 Å². The number of hydrogen-bond acceptors (Lipinski definition) is 3. The smallest absolute Gasteiger partial charge is 0.328 e. The topological polar surface area (TPSA) is 46.6 Å². The Morgan fingerprint density at radius 1 is 0.750 bits per heavy atom. The van der Waals surface area contributed by atoms with Gasteiger partial charge in [-0.2, -0.15) is 0 Å². The highest BCUT2D eigenvalue weighted by Crippen LogP contribution is 2.26. The maximum Gasteiger partial charge on any atom is 0.328 e. The molecule has 1 amide bonds. The summed E-state index contributed by atoms with van der Waals surface area (Å²) in [4.78, 5) is 26.7. The Kier molecular flexibility index (Phi) is 15.8. The average molecular weight is 452 g/mol. The van der Waals surface area contributed by atoms with Crippen LogP contribution in [0.3, 0.4) is 0 Å². The molecule has 188 valence electrons.